The van der Waals surface area contributed by atoms with Crippen molar-refractivity contribution in [1.29, 1.82) is 0 Å². The zero-order chi connectivity index (χ0) is 13.4. The first-order valence-electron chi connectivity index (χ1n) is 6.87. The molecule has 1 aromatic rings. The normalized spacial score (nSPS) is 29.6. The summed E-state index contributed by atoms with van der Waals surface area (Å²) in [5, 5.41) is 9.77. The predicted molar refractivity (Wildman–Crippen MR) is 76.7 cm³/mol. The minimum Gasteiger partial charge on any atom is -0.393 e. The third kappa shape index (κ3) is 2.70. The number of amides is 1. The molecule has 3 nitrogen and oxygen atoms in total. The molecule has 0 aromatic heterocycles. The van der Waals surface area contributed by atoms with Crippen molar-refractivity contribution >= 4 is 21.8 Å². The van der Waals surface area contributed by atoms with E-state index in [0.29, 0.717) is 6.42 Å². The van der Waals surface area contributed by atoms with Crippen molar-refractivity contribution in [3.05, 3.63) is 34.3 Å². The molecule has 2 aliphatic heterocycles. The monoisotopic (exact) mass is 323 g/mol. The highest BCUT2D eigenvalue weighted by Gasteiger charge is 2.42. The van der Waals surface area contributed by atoms with Crippen molar-refractivity contribution in [2.24, 2.45) is 0 Å². The summed E-state index contributed by atoms with van der Waals surface area (Å²) in [5.41, 5.74) is 1.05. The van der Waals surface area contributed by atoms with E-state index in [0.717, 1.165) is 35.7 Å². The molecule has 0 spiro atoms. The summed E-state index contributed by atoms with van der Waals surface area (Å²) in [5.74, 6) is 0.206. The molecule has 1 N–H and O–H groups in total. The van der Waals surface area contributed by atoms with E-state index in [-0.39, 0.29) is 24.1 Å². The minimum atomic E-state index is -0.215. The Hall–Kier alpha value is -0.870. The van der Waals surface area contributed by atoms with Gasteiger partial charge >= 0.3 is 0 Å². The van der Waals surface area contributed by atoms with Gasteiger partial charge in [-0.05, 0) is 43.4 Å². The van der Waals surface area contributed by atoms with Crippen molar-refractivity contribution in [3.8, 4) is 0 Å². The molecule has 2 bridgehead atoms. The van der Waals surface area contributed by atoms with Gasteiger partial charge in [-0.15, -0.1) is 0 Å². The van der Waals surface area contributed by atoms with Gasteiger partial charge in [0, 0.05) is 16.6 Å². The van der Waals surface area contributed by atoms with Gasteiger partial charge in [0.25, 0.3) is 0 Å². The molecule has 1 aromatic carbocycles. The maximum absolute atomic E-state index is 12.5. The Morgan fingerprint density at radius 2 is 2.00 bits per heavy atom. The third-order valence-corrected chi connectivity index (χ3v) is 4.73. The number of fused-ring (bicyclic) bond motifs is 2. The fourth-order valence-electron chi connectivity index (χ4n) is 3.47. The largest absolute Gasteiger partial charge is 0.393 e. The van der Waals surface area contributed by atoms with Crippen molar-refractivity contribution in [1.82, 2.24) is 4.90 Å². The lowest BCUT2D eigenvalue weighted by Gasteiger charge is -2.37. The van der Waals surface area contributed by atoms with Crippen molar-refractivity contribution in [2.45, 2.75) is 50.3 Å². The molecule has 0 saturated carbocycles. The molecule has 4 heteroatoms. The lowest BCUT2D eigenvalue weighted by molar-refractivity contribution is -0.136. The Kier molecular flexibility index (Phi) is 3.63. The highest BCUT2D eigenvalue weighted by molar-refractivity contribution is 9.10. The predicted octanol–water partition coefficient (Wildman–Crippen LogP) is 2.51. The Morgan fingerprint density at radius 1 is 1.32 bits per heavy atom. The van der Waals surface area contributed by atoms with Crippen LogP contribution in [0.4, 0.5) is 0 Å². The molecule has 19 heavy (non-hydrogen) atoms. The molecule has 2 unspecified atom stereocenters. The zero-order valence-electron chi connectivity index (χ0n) is 10.8. The lowest BCUT2D eigenvalue weighted by Crippen LogP contribution is -2.48. The van der Waals surface area contributed by atoms with Crippen LogP contribution in [0.1, 0.15) is 31.2 Å². The number of halogens is 1. The summed E-state index contributed by atoms with van der Waals surface area (Å²) in [4.78, 5) is 14.5. The first kappa shape index (κ1) is 13.1. The smallest absolute Gasteiger partial charge is 0.227 e. The van der Waals surface area contributed by atoms with E-state index in [1.807, 2.05) is 29.2 Å². The lowest BCUT2D eigenvalue weighted by atomic mass is 9.99. The quantitative estimate of drug-likeness (QED) is 0.908. The van der Waals surface area contributed by atoms with E-state index in [1.165, 1.54) is 0 Å². The summed E-state index contributed by atoms with van der Waals surface area (Å²) in [6, 6.07) is 8.43. The van der Waals surface area contributed by atoms with E-state index in [1.54, 1.807) is 0 Å². The molecule has 0 aliphatic carbocycles. The number of benzene rings is 1. The molecule has 2 atom stereocenters. The van der Waals surface area contributed by atoms with Gasteiger partial charge in [-0.1, -0.05) is 28.1 Å². The average Bonchev–Trinajstić information content (AvgIpc) is 2.62. The molecule has 1 amide bonds. The number of hydrogen-bond acceptors (Lipinski definition) is 2. The van der Waals surface area contributed by atoms with Crippen LogP contribution in [-0.4, -0.2) is 34.1 Å². The summed E-state index contributed by atoms with van der Waals surface area (Å²) < 4.78 is 1.01. The van der Waals surface area contributed by atoms with Gasteiger partial charge < -0.3 is 10.0 Å². The molecule has 0 radical (unpaired) electrons. The molecular weight excluding hydrogens is 306 g/mol. The number of aliphatic hydroxyl groups is 1. The van der Waals surface area contributed by atoms with Crippen LogP contribution in [0.5, 0.6) is 0 Å². The number of hydrogen-bond donors (Lipinski definition) is 1. The Balaban J connectivity index is 1.71. The Labute approximate surface area is 121 Å². The highest BCUT2D eigenvalue weighted by atomic mass is 79.9. The average molecular weight is 324 g/mol. The number of nitrogens with zero attached hydrogens (tertiary/aromatic N) is 1. The van der Waals surface area contributed by atoms with Gasteiger partial charge in [0.1, 0.15) is 0 Å². The number of aliphatic hydroxyl groups excluding tert-OH is 1. The van der Waals surface area contributed by atoms with Crippen LogP contribution in [0, 0.1) is 0 Å². The highest BCUT2D eigenvalue weighted by Crippen LogP contribution is 2.36. The zero-order valence-corrected chi connectivity index (χ0v) is 12.3. The third-order valence-electron chi connectivity index (χ3n) is 4.24. The summed E-state index contributed by atoms with van der Waals surface area (Å²) in [7, 11) is 0. The van der Waals surface area contributed by atoms with Crippen LogP contribution in [0.15, 0.2) is 28.7 Å². The molecule has 2 saturated heterocycles. The molecule has 2 fully saturated rings. The van der Waals surface area contributed by atoms with Gasteiger partial charge in [-0.2, -0.15) is 0 Å². The van der Waals surface area contributed by atoms with E-state index in [2.05, 4.69) is 15.9 Å². The van der Waals surface area contributed by atoms with Crippen LogP contribution in [0.3, 0.4) is 0 Å². The fourth-order valence-corrected chi connectivity index (χ4v) is 3.92. The van der Waals surface area contributed by atoms with Crippen molar-refractivity contribution in [2.75, 3.05) is 0 Å². The van der Waals surface area contributed by atoms with E-state index in [4.69, 9.17) is 0 Å². The maximum Gasteiger partial charge on any atom is 0.227 e. The molecule has 3 rings (SSSR count). The molecule has 102 valence electrons. The van der Waals surface area contributed by atoms with Crippen molar-refractivity contribution < 1.29 is 9.90 Å². The van der Waals surface area contributed by atoms with Gasteiger partial charge in [0.2, 0.25) is 5.91 Å². The first-order valence-corrected chi connectivity index (χ1v) is 7.66. The number of rotatable bonds is 2. The fraction of sp³-hybridized carbons (Fsp3) is 0.533. The molecule has 2 aliphatic rings. The van der Waals surface area contributed by atoms with Gasteiger partial charge in [-0.25, -0.2) is 0 Å². The van der Waals surface area contributed by atoms with Crippen LogP contribution < -0.4 is 0 Å². The number of piperidine rings is 1. The van der Waals surface area contributed by atoms with E-state index in [9.17, 15) is 9.90 Å². The van der Waals surface area contributed by atoms with Gasteiger partial charge in [0.05, 0.1) is 12.5 Å². The van der Waals surface area contributed by atoms with Crippen LogP contribution in [0.2, 0.25) is 0 Å². The standard InChI is InChI=1S/C15H18BrNO2/c16-11-3-1-2-10(6-11)7-15(19)17-12-4-5-13(17)9-14(18)8-12/h1-3,6,12-14,18H,4-5,7-9H2. The van der Waals surface area contributed by atoms with Crippen LogP contribution in [-0.2, 0) is 11.2 Å². The minimum absolute atomic E-state index is 0.206. The summed E-state index contributed by atoms with van der Waals surface area (Å²) in [6.07, 6.45) is 3.84. The summed E-state index contributed by atoms with van der Waals surface area (Å²) >= 11 is 3.43. The van der Waals surface area contributed by atoms with Gasteiger partial charge in [0.15, 0.2) is 0 Å². The molecule has 2 heterocycles. The second kappa shape index (κ2) is 5.25. The topological polar surface area (TPSA) is 40.5 Å². The summed E-state index contributed by atoms with van der Waals surface area (Å²) in [6.45, 7) is 0. The second-order valence-electron chi connectivity index (χ2n) is 5.62. The van der Waals surface area contributed by atoms with Gasteiger partial charge in [-0.3, -0.25) is 4.79 Å². The Morgan fingerprint density at radius 3 is 2.63 bits per heavy atom. The van der Waals surface area contributed by atoms with E-state index >= 15 is 0 Å². The number of carbonyl (C=O) groups excluding carboxylic acids is 1. The van der Waals surface area contributed by atoms with E-state index < -0.39 is 0 Å². The maximum atomic E-state index is 12.5. The first-order chi connectivity index (χ1) is 9.13. The van der Waals surface area contributed by atoms with Crippen LogP contribution >= 0.6 is 15.9 Å². The number of carbonyl (C=O) groups is 1. The van der Waals surface area contributed by atoms with Crippen LogP contribution in [0.25, 0.3) is 0 Å². The Bertz CT molecular complexity index is 477. The SMILES string of the molecule is O=C(Cc1cccc(Br)c1)N1C2CCC1CC(O)C2. The second-order valence-corrected chi connectivity index (χ2v) is 6.53. The molecular formula is C15H18BrNO2. The van der Waals surface area contributed by atoms with Crippen molar-refractivity contribution in [3.63, 3.8) is 0 Å².